The molecule has 0 unspecified atom stereocenters. The number of ether oxygens (including phenoxy) is 1. The predicted molar refractivity (Wildman–Crippen MR) is 114 cm³/mol. The second-order valence-corrected chi connectivity index (χ2v) is 8.86. The summed E-state index contributed by atoms with van der Waals surface area (Å²) in [7, 11) is 0. The van der Waals surface area contributed by atoms with Gasteiger partial charge in [0.05, 0.1) is 24.8 Å². The number of morpholine rings is 1. The molecule has 8 heteroatoms. The molecule has 2 fully saturated rings. The summed E-state index contributed by atoms with van der Waals surface area (Å²) in [6.07, 6.45) is 1.83. The van der Waals surface area contributed by atoms with E-state index in [0.29, 0.717) is 13.2 Å². The zero-order chi connectivity index (χ0) is 20.2. The number of aromatic nitrogens is 2. The molecule has 0 aliphatic carbocycles. The first-order valence-electron chi connectivity index (χ1n) is 10.3. The van der Waals surface area contributed by atoms with Crippen LogP contribution < -0.4 is 10.2 Å². The van der Waals surface area contributed by atoms with Gasteiger partial charge in [-0.15, -0.1) is 0 Å². The molecule has 0 spiro atoms. The second kappa shape index (κ2) is 9.19. The number of hydrogen-bond donors (Lipinski definition) is 1. The number of rotatable bonds is 6. The molecule has 1 amide bonds. The first kappa shape index (κ1) is 20.3. The number of nitrogens with one attached hydrogen (secondary N) is 1. The highest BCUT2D eigenvalue weighted by molar-refractivity contribution is 7.07. The summed E-state index contributed by atoms with van der Waals surface area (Å²) < 4.78 is 5.44. The number of thiophene rings is 1. The van der Waals surface area contributed by atoms with E-state index in [9.17, 15) is 4.79 Å². The fourth-order valence-electron chi connectivity index (χ4n) is 4.10. The van der Waals surface area contributed by atoms with Crippen LogP contribution >= 0.6 is 11.3 Å². The summed E-state index contributed by atoms with van der Waals surface area (Å²) in [5.41, 5.74) is 2.26. The van der Waals surface area contributed by atoms with Gasteiger partial charge >= 0.3 is 0 Å². The average Bonchev–Trinajstić information content (AvgIpc) is 3.39. The van der Waals surface area contributed by atoms with E-state index >= 15 is 0 Å². The summed E-state index contributed by atoms with van der Waals surface area (Å²) in [4.78, 5) is 26.9. The quantitative estimate of drug-likeness (QED) is 0.779. The SMILES string of the molecule is CC(C)NC(=O)[C@H]1CN(Cc2ccsc2)C[C@@H]1c1ccnc(N2CCOCC2)n1. The van der Waals surface area contributed by atoms with Crippen LogP contribution in [0.25, 0.3) is 0 Å². The summed E-state index contributed by atoms with van der Waals surface area (Å²) in [6, 6.07) is 4.25. The van der Waals surface area contributed by atoms with Gasteiger partial charge in [0.2, 0.25) is 11.9 Å². The average molecular weight is 416 g/mol. The zero-order valence-electron chi connectivity index (χ0n) is 17.1. The Balaban J connectivity index is 1.55. The lowest BCUT2D eigenvalue weighted by Gasteiger charge is -2.27. The van der Waals surface area contributed by atoms with E-state index in [1.54, 1.807) is 11.3 Å². The van der Waals surface area contributed by atoms with E-state index in [1.807, 2.05) is 26.1 Å². The molecule has 2 atom stereocenters. The molecule has 1 N–H and O–H groups in total. The minimum Gasteiger partial charge on any atom is -0.378 e. The van der Waals surface area contributed by atoms with Crippen molar-refractivity contribution in [2.24, 2.45) is 5.92 Å². The van der Waals surface area contributed by atoms with Gasteiger partial charge in [-0.2, -0.15) is 11.3 Å². The first-order chi connectivity index (χ1) is 14.1. The van der Waals surface area contributed by atoms with Crippen molar-refractivity contribution in [2.45, 2.75) is 32.4 Å². The maximum Gasteiger partial charge on any atom is 0.225 e. The summed E-state index contributed by atoms with van der Waals surface area (Å²) >= 11 is 1.71. The Morgan fingerprint density at radius 2 is 2.14 bits per heavy atom. The van der Waals surface area contributed by atoms with Gasteiger partial charge in [-0.25, -0.2) is 9.97 Å². The van der Waals surface area contributed by atoms with E-state index < -0.39 is 0 Å². The van der Waals surface area contributed by atoms with Crippen molar-refractivity contribution >= 4 is 23.2 Å². The molecule has 2 aromatic heterocycles. The number of carbonyl (C=O) groups excluding carboxylic acids is 1. The lowest BCUT2D eigenvalue weighted by molar-refractivity contribution is -0.125. The summed E-state index contributed by atoms with van der Waals surface area (Å²) in [6.45, 7) is 9.45. The Hall–Kier alpha value is -2.03. The van der Waals surface area contributed by atoms with Gasteiger partial charge in [-0.3, -0.25) is 9.69 Å². The smallest absolute Gasteiger partial charge is 0.225 e. The van der Waals surface area contributed by atoms with Crippen LogP contribution in [-0.2, 0) is 16.1 Å². The largest absolute Gasteiger partial charge is 0.378 e. The highest BCUT2D eigenvalue weighted by atomic mass is 32.1. The highest BCUT2D eigenvalue weighted by Crippen LogP contribution is 2.33. The molecular formula is C21H29N5O2S. The third-order valence-electron chi connectivity index (χ3n) is 5.49. The summed E-state index contributed by atoms with van der Waals surface area (Å²) in [5.74, 6) is 0.813. The monoisotopic (exact) mass is 415 g/mol. The molecule has 156 valence electrons. The molecule has 2 aliphatic heterocycles. The molecule has 2 saturated heterocycles. The number of likely N-dealkylation sites (tertiary alicyclic amines) is 1. The standard InChI is InChI=1S/C21H29N5O2S/c1-15(2)23-20(27)18-13-25(11-16-4-10-29-14-16)12-17(18)19-3-5-22-21(24-19)26-6-8-28-9-7-26/h3-5,10,14-15,17-18H,6-9,11-13H2,1-2H3,(H,23,27)/t17-,18-/m0/s1. The van der Waals surface area contributed by atoms with Crippen LogP contribution in [0.15, 0.2) is 29.1 Å². The van der Waals surface area contributed by atoms with Crippen LogP contribution in [0, 0.1) is 5.92 Å². The predicted octanol–water partition coefficient (Wildman–Crippen LogP) is 2.11. The van der Waals surface area contributed by atoms with Crippen LogP contribution in [0.1, 0.15) is 31.0 Å². The van der Waals surface area contributed by atoms with Crippen molar-refractivity contribution in [1.29, 1.82) is 0 Å². The van der Waals surface area contributed by atoms with Gasteiger partial charge in [0, 0.05) is 50.9 Å². The Kier molecular flexibility index (Phi) is 6.42. The molecule has 0 bridgehead atoms. The number of hydrogen-bond acceptors (Lipinski definition) is 7. The number of carbonyl (C=O) groups is 1. The molecule has 7 nitrogen and oxygen atoms in total. The van der Waals surface area contributed by atoms with Gasteiger partial charge in [0.25, 0.3) is 0 Å². The first-order valence-corrected chi connectivity index (χ1v) is 11.2. The van der Waals surface area contributed by atoms with Gasteiger partial charge in [0.1, 0.15) is 0 Å². The highest BCUT2D eigenvalue weighted by Gasteiger charge is 2.39. The molecular weight excluding hydrogens is 386 g/mol. The Bertz CT molecular complexity index is 807. The minimum absolute atomic E-state index is 0.0650. The number of amides is 1. The van der Waals surface area contributed by atoms with Crippen molar-refractivity contribution < 1.29 is 9.53 Å². The van der Waals surface area contributed by atoms with Crippen molar-refractivity contribution in [3.8, 4) is 0 Å². The number of anilines is 1. The van der Waals surface area contributed by atoms with E-state index in [2.05, 4.69) is 36.9 Å². The maximum absolute atomic E-state index is 13.0. The van der Waals surface area contributed by atoms with Gasteiger partial charge in [-0.05, 0) is 42.3 Å². The van der Waals surface area contributed by atoms with Crippen LogP contribution in [-0.4, -0.2) is 66.2 Å². The lowest BCUT2D eigenvalue weighted by atomic mass is 9.91. The van der Waals surface area contributed by atoms with E-state index in [-0.39, 0.29) is 23.8 Å². The molecule has 0 radical (unpaired) electrons. The van der Waals surface area contributed by atoms with Crippen molar-refractivity contribution in [2.75, 3.05) is 44.3 Å². The van der Waals surface area contributed by atoms with Gasteiger partial charge in [-0.1, -0.05) is 0 Å². The van der Waals surface area contributed by atoms with Gasteiger partial charge in [0.15, 0.2) is 0 Å². The molecule has 4 heterocycles. The van der Waals surface area contributed by atoms with E-state index in [0.717, 1.165) is 44.4 Å². The van der Waals surface area contributed by atoms with Crippen LogP contribution in [0.5, 0.6) is 0 Å². The van der Waals surface area contributed by atoms with Crippen molar-refractivity contribution in [1.82, 2.24) is 20.2 Å². The second-order valence-electron chi connectivity index (χ2n) is 8.08. The minimum atomic E-state index is -0.108. The molecule has 0 aromatic carbocycles. The Morgan fingerprint density at radius 3 is 2.86 bits per heavy atom. The maximum atomic E-state index is 13.0. The normalized spacial score (nSPS) is 22.9. The molecule has 4 rings (SSSR count). The lowest BCUT2D eigenvalue weighted by Crippen LogP contribution is -2.39. The van der Waals surface area contributed by atoms with Crippen molar-refractivity contribution in [3.63, 3.8) is 0 Å². The number of nitrogens with zero attached hydrogens (tertiary/aromatic N) is 4. The van der Waals surface area contributed by atoms with Crippen molar-refractivity contribution in [3.05, 3.63) is 40.3 Å². The van der Waals surface area contributed by atoms with E-state index in [1.165, 1.54) is 5.56 Å². The fraction of sp³-hybridized carbons (Fsp3) is 0.571. The molecule has 0 saturated carbocycles. The molecule has 29 heavy (non-hydrogen) atoms. The summed E-state index contributed by atoms with van der Waals surface area (Å²) in [5, 5.41) is 7.39. The Morgan fingerprint density at radius 1 is 1.31 bits per heavy atom. The third kappa shape index (κ3) is 4.94. The van der Waals surface area contributed by atoms with Gasteiger partial charge < -0.3 is 15.0 Å². The van der Waals surface area contributed by atoms with Crippen LogP contribution in [0.3, 0.4) is 0 Å². The Labute approximate surface area is 176 Å². The molecule has 2 aliphatic rings. The topological polar surface area (TPSA) is 70.6 Å². The van der Waals surface area contributed by atoms with Crippen LogP contribution in [0.4, 0.5) is 5.95 Å². The fourth-order valence-corrected chi connectivity index (χ4v) is 4.76. The third-order valence-corrected chi connectivity index (χ3v) is 6.22. The van der Waals surface area contributed by atoms with E-state index in [4.69, 9.17) is 9.72 Å². The van der Waals surface area contributed by atoms with Crippen LogP contribution in [0.2, 0.25) is 0 Å². The zero-order valence-corrected chi connectivity index (χ0v) is 17.9. The molecule has 2 aromatic rings.